The fourth-order valence-corrected chi connectivity index (χ4v) is 2.70. The smallest absolute Gasteiger partial charge is 0.259 e. The molecule has 9 heteroatoms. The highest BCUT2D eigenvalue weighted by molar-refractivity contribution is 9.11. The third-order valence-electron chi connectivity index (χ3n) is 2.64. The lowest BCUT2D eigenvalue weighted by Gasteiger charge is -2.06. The van der Waals surface area contributed by atoms with Crippen LogP contribution in [0.4, 0.5) is 5.95 Å². The molecule has 3 aromatic rings. The topological polar surface area (TPSA) is 83.6 Å². The number of H-pyrrole nitrogens is 1. The van der Waals surface area contributed by atoms with Gasteiger partial charge in [-0.15, -0.1) is 0 Å². The van der Waals surface area contributed by atoms with Crippen molar-refractivity contribution in [1.82, 2.24) is 19.9 Å². The Morgan fingerprint density at radius 3 is 2.90 bits per heavy atom. The van der Waals surface area contributed by atoms with Crippen molar-refractivity contribution in [2.24, 2.45) is 0 Å². The van der Waals surface area contributed by atoms with Crippen LogP contribution in [0.5, 0.6) is 0 Å². The van der Waals surface area contributed by atoms with E-state index in [4.69, 9.17) is 11.6 Å². The average molecular weight is 431 g/mol. The molecule has 0 bridgehead atoms. The number of aromatic nitrogens is 4. The van der Waals surface area contributed by atoms with E-state index in [0.29, 0.717) is 21.2 Å². The minimum Gasteiger partial charge on any atom is -0.341 e. The highest BCUT2D eigenvalue weighted by Gasteiger charge is 2.14. The summed E-state index contributed by atoms with van der Waals surface area (Å²) >= 11 is 12.6. The van der Waals surface area contributed by atoms with E-state index in [2.05, 4.69) is 57.1 Å². The Hall–Kier alpha value is -1.51. The minimum absolute atomic E-state index is 0.0940. The number of nitrogens with one attached hydrogen (secondary N) is 2. The largest absolute Gasteiger partial charge is 0.341 e. The molecule has 1 aromatic carbocycles. The van der Waals surface area contributed by atoms with Gasteiger partial charge >= 0.3 is 0 Å². The predicted octanol–water partition coefficient (Wildman–Crippen LogP) is 3.78. The lowest BCUT2D eigenvalue weighted by atomic mass is 10.2. The molecule has 0 spiro atoms. The molecule has 1 amide bonds. The molecule has 0 fully saturated rings. The van der Waals surface area contributed by atoms with E-state index in [0.717, 1.165) is 4.47 Å². The Labute approximate surface area is 140 Å². The molecule has 106 valence electrons. The fourth-order valence-electron chi connectivity index (χ4n) is 1.69. The van der Waals surface area contributed by atoms with E-state index >= 15 is 0 Å². The summed E-state index contributed by atoms with van der Waals surface area (Å²) in [5, 5.41) is 2.79. The second-order valence-corrected chi connectivity index (χ2v) is 6.15. The van der Waals surface area contributed by atoms with Crippen LogP contribution < -0.4 is 5.32 Å². The first-order chi connectivity index (χ1) is 10.0. The van der Waals surface area contributed by atoms with E-state index in [1.165, 1.54) is 6.33 Å². The number of nitrogens with zero attached hydrogens (tertiary/aromatic N) is 3. The zero-order valence-electron chi connectivity index (χ0n) is 10.2. The molecular formula is C12H6Br2ClN5O. The molecular weight excluding hydrogens is 425 g/mol. The van der Waals surface area contributed by atoms with Gasteiger partial charge in [0.15, 0.2) is 10.8 Å². The molecule has 0 saturated carbocycles. The van der Waals surface area contributed by atoms with Crippen LogP contribution in [-0.2, 0) is 0 Å². The molecule has 3 rings (SSSR count). The first-order valence-electron chi connectivity index (χ1n) is 5.67. The quantitative estimate of drug-likeness (QED) is 0.605. The van der Waals surface area contributed by atoms with Gasteiger partial charge in [0.1, 0.15) is 5.52 Å². The summed E-state index contributed by atoms with van der Waals surface area (Å²) in [6, 6.07) is 5.28. The number of fused-ring (bicyclic) bond motifs is 1. The SMILES string of the molecule is O=C(Nc1nc(Cl)c2[nH]cnc2n1)c1cc(Br)ccc1Br. The van der Waals surface area contributed by atoms with Gasteiger partial charge in [0.25, 0.3) is 5.91 Å². The molecule has 2 N–H and O–H groups in total. The monoisotopic (exact) mass is 429 g/mol. The molecule has 2 aromatic heterocycles. The number of amides is 1. The summed E-state index contributed by atoms with van der Waals surface area (Å²) in [4.78, 5) is 27.2. The number of halogens is 3. The van der Waals surface area contributed by atoms with Crippen LogP contribution in [-0.4, -0.2) is 25.8 Å². The van der Waals surface area contributed by atoms with Crippen LogP contribution in [0.1, 0.15) is 10.4 Å². The molecule has 0 aliphatic rings. The van der Waals surface area contributed by atoms with Gasteiger partial charge < -0.3 is 4.98 Å². The van der Waals surface area contributed by atoms with Crippen molar-refractivity contribution in [3.63, 3.8) is 0 Å². The lowest BCUT2D eigenvalue weighted by molar-refractivity contribution is 0.102. The number of carbonyl (C=O) groups excluding carboxylic acids is 1. The summed E-state index contributed by atoms with van der Waals surface area (Å²) in [6.07, 6.45) is 1.46. The first-order valence-corrected chi connectivity index (χ1v) is 7.64. The van der Waals surface area contributed by atoms with Gasteiger partial charge in [-0.05, 0) is 34.1 Å². The maximum absolute atomic E-state index is 12.3. The van der Waals surface area contributed by atoms with Crippen LogP contribution in [0.3, 0.4) is 0 Å². The van der Waals surface area contributed by atoms with Gasteiger partial charge in [0.05, 0.1) is 11.9 Å². The fraction of sp³-hybridized carbons (Fsp3) is 0. The van der Waals surface area contributed by atoms with Crippen LogP contribution >= 0.6 is 43.5 Å². The van der Waals surface area contributed by atoms with E-state index in [1.54, 1.807) is 12.1 Å². The number of carbonyl (C=O) groups is 1. The van der Waals surface area contributed by atoms with E-state index < -0.39 is 0 Å². The van der Waals surface area contributed by atoms with Gasteiger partial charge in [0.2, 0.25) is 5.95 Å². The highest BCUT2D eigenvalue weighted by atomic mass is 79.9. The Kier molecular flexibility index (Phi) is 3.92. The third kappa shape index (κ3) is 2.92. The summed E-state index contributed by atoms with van der Waals surface area (Å²) < 4.78 is 1.45. The van der Waals surface area contributed by atoms with Crippen molar-refractivity contribution in [3.8, 4) is 0 Å². The van der Waals surface area contributed by atoms with E-state index in [1.807, 2.05) is 6.07 Å². The number of hydrogen-bond donors (Lipinski definition) is 2. The first kappa shape index (κ1) is 14.4. The van der Waals surface area contributed by atoms with Gasteiger partial charge in [-0.2, -0.15) is 9.97 Å². The number of imidazole rings is 1. The molecule has 0 atom stereocenters. The minimum atomic E-state index is -0.353. The lowest BCUT2D eigenvalue weighted by Crippen LogP contribution is -2.15. The van der Waals surface area contributed by atoms with Crippen LogP contribution in [0.2, 0.25) is 5.15 Å². The Bertz CT molecular complexity index is 851. The maximum Gasteiger partial charge on any atom is 0.259 e. The Balaban J connectivity index is 1.94. The number of anilines is 1. The highest BCUT2D eigenvalue weighted by Crippen LogP contribution is 2.23. The van der Waals surface area contributed by atoms with Crippen molar-refractivity contribution < 1.29 is 4.79 Å². The second-order valence-electron chi connectivity index (χ2n) is 4.02. The normalized spacial score (nSPS) is 10.8. The molecule has 2 heterocycles. The number of rotatable bonds is 2. The molecule has 0 saturated heterocycles. The number of benzene rings is 1. The van der Waals surface area contributed by atoms with Crippen molar-refractivity contribution in [2.75, 3.05) is 5.32 Å². The Morgan fingerprint density at radius 1 is 1.29 bits per heavy atom. The van der Waals surface area contributed by atoms with E-state index in [9.17, 15) is 4.79 Å². The van der Waals surface area contributed by atoms with Crippen LogP contribution in [0, 0.1) is 0 Å². The van der Waals surface area contributed by atoms with Crippen molar-refractivity contribution >= 4 is 66.5 Å². The third-order valence-corrected chi connectivity index (χ3v) is 4.10. The van der Waals surface area contributed by atoms with Gasteiger partial charge in [-0.3, -0.25) is 10.1 Å². The maximum atomic E-state index is 12.3. The standard InChI is InChI=1S/C12H6Br2ClN5O/c13-5-1-2-7(14)6(3-5)11(21)20-12-18-9(15)8-10(19-12)17-4-16-8/h1-4H,(H2,16,17,18,19,20,21). The number of hydrogen-bond acceptors (Lipinski definition) is 4. The summed E-state index contributed by atoms with van der Waals surface area (Å²) in [6.45, 7) is 0. The predicted molar refractivity (Wildman–Crippen MR) is 86.5 cm³/mol. The zero-order valence-corrected chi connectivity index (χ0v) is 14.1. The summed E-state index contributed by atoms with van der Waals surface area (Å²) in [7, 11) is 0. The zero-order chi connectivity index (χ0) is 15.0. The van der Waals surface area contributed by atoms with Crippen LogP contribution in [0.15, 0.2) is 33.5 Å². The molecule has 6 nitrogen and oxygen atoms in total. The van der Waals surface area contributed by atoms with Crippen molar-refractivity contribution in [2.45, 2.75) is 0 Å². The van der Waals surface area contributed by atoms with E-state index in [-0.39, 0.29) is 17.0 Å². The van der Waals surface area contributed by atoms with Gasteiger partial charge in [-0.1, -0.05) is 27.5 Å². The molecule has 0 aliphatic heterocycles. The van der Waals surface area contributed by atoms with Crippen LogP contribution in [0.25, 0.3) is 11.2 Å². The van der Waals surface area contributed by atoms with Crippen molar-refractivity contribution in [3.05, 3.63) is 44.2 Å². The summed E-state index contributed by atoms with van der Waals surface area (Å²) in [5.41, 5.74) is 1.36. The Morgan fingerprint density at radius 2 is 2.10 bits per heavy atom. The average Bonchev–Trinajstić information content (AvgIpc) is 2.90. The summed E-state index contributed by atoms with van der Waals surface area (Å²) in [5.74, 6) is -0.259. The molecule has 0 unspecified atom stereocenters. The molecule has 0 aliphatic carbocycles. The second kappa shape index (κ2) is 5.70. The molecule has 0 radical (unpaired) electrons. The van der Waals surface area contributed by atoms with Gasteiger partial charge in [0, 0.05) is 8.95 Å². The molecule has 21 heavy (non-hydrogen) atoms. The number of aromatic amines is 1. The van der Waals surface area contributed by atoms with Gasteiger partial charge in [-0.25, -0.2) is 4.98 Å². The van der Waals surface area contributed by atoms with Crippen molar-refractivity contribution in [1.29, 1.82) is 0 Å².